The quantitative estimate of drug-likeness (QED) is 0.825. The fraction of sp³-hybridized carbons (Fsp3) is 0.471. The molecular formula is C17H19F2NO3S. The lowest BCUT2D eigenvalue weighted by Gasteiger charge is -2.09. The molecule has 3 rings (SSSR count). The number of primary amides is 1. The molecule has 1 aromatic rings. The number of hydrogen-bond donors (Lipinski definition) is 1. The maximum atomic E-state index is 13.3. The highest BCUT2D eigenvalue weighted by molar-refractivity contribution is 7.92. The Morgan fingerprint density at radius 3 is 2.08 bits per heavy atom. The first kappa shape index (κ1) is 17.1. The average molecular weight is 355 g/mol. The van der Waals surface area contributed by atoms with Crippen LogP contribution in [0.1, 0.15) is 31.2 Å². The zero-order valence-electron chi connectivity index (χ0n) is 13.0. The summed E-state index contributed by atoms with van der Waals surface area (Å²) in [5.74, 6) is -1.10. The van der Waals surface area contributed by atoms with E-state index < -0.39 is 34.0 Å². The van der Waals surface area contributed by atoms with Crippen LogP contribution in [0.4, 0.5) is 8.78 Å². The Morgan fingerprint density at radius 2 is 1.62 bits per heavy atom. The van der Waals surface area contributed by atoms with Gasteiger partial charge in [-0.05, 0) is 49.3 Å². The van der Waals surface area contributed by atoms with E-state index in [4.69, 9.17) is 5.73 Å². The maximum absolute atomic E-state index is 13.3. The maximum Gasteiger partial charge on any atom is 0.248 e. The van der Waals surface area contributed by atoms with E-state index in [0.29, 0.717) is 18.4 Å². The minimum atomic E-state index is -3.30. The number of carbonyl (C=O) groups excluding carboxylic acids is 1. The highest BCUT2D eigenvalue weighted by atomic mass is 32.2. The van der Waals surface area contributed by atoms with Gasteiger partial charge >= 0.3 is 0 Å². The van der Waals surface area contributed by atoms with Crippen molar-refractivity contribution in [1.82, 2.24) is 0 Å². The average Bonchev–Trinajstić information content (AvgIpc) is 3.33. The molecule has 0 bridgehead atoms. The van der Waals surface area contributed by atoms with E-state index in [1.165, 1.54) is 30.3 Å². The van der Waals surface area contributed by atoms with Crippen LogP contribution in [-0.2, 0) is 14.6 Å². The molecule has 1 unspecified atom stereocenters. The Hall–Kier alpha value is -1.76. The number of hydrogen-bond acceptors (Lipinski definition) is 3. The molecule has 0 spiro atoms. The van der Waals surface area contributed by atoms with Crippen LogP contribution in [-0.4, -0.2) is 31.9 Å². The van der Waals surface area contributed by atoms with Gasteiger partial charge in [0.1, 0.15) is 12.3 Å². The molecule has 0 radical (unpaired) electrons. The SMILES string of the molecule is NC(=O)/C(=C/C1C[C@@H](F)[C@@H](F)C1)c1ccc(S(=O)(=O)C2CC2)cc1. The number of carbonyl (C=O) groups is 1. The van der Waals surface area contributed by atoms with E-state index in [0.717, 1.165) is 0 Å². The molecule has 0 aliphatic heterocycles. The van der Waals surface area contributed by atoms with Crippen molar-refractivity contribution in [2.45, 2.75) is 48.2 Å². The van der Waals surface area contributed by atoms with Crippen molar-refractivity contribution in [1.29, 1.82) is 0 Å². The van der Waals surface area contributed by atoms with Gasteiger partial charge in [-0.2, -0.15) is 0 Å². The second-order valence-electron chi connectivity index (χ2n) is 6.48. The second kappa shape index (κ2) is 6.27. The highest BCUT2D eigenvalue weighted by Gasteiger charge is 2.37. The van der Waals surface area contributed by atoms with Crippen LogP contribution >= 0.6 is 0 Å². The van der Waals surface area contributed by atoms with Crippen LogP contribution in [0.3, 0.4) is 0 Å². The summed E-state index contributed by atoms with van der Waals surface area (Å²) in [5.41, 5.74) is 6.00. The Labute approximate surface area is 139 Å². The Morgan fingerprint density at radius 1 is 1.08 bits per heavy atom. The summed E-state index contributed by atoms with van der Waals surface area (Å²) in [6.45, 7) is 0. The minimum Gasteiger partial charge on any atom is -0.366 e. The third-order valence-electron chi connectivity index (χ3n) is 4.57. The molecule has 2 aliphatic carbocycles. The molecule has 130 valence electrons. The molecule has 0 heterocycles. The third-order valence-corrected chi connectivity index (χ3v) is 6.85. The van der Waals surface area contributed by atoms with Crippen LogP contribution < -0.4 is 5.73 Å². The Balaban J connectivity index is 1.86. The molecule has 2 aliphatic rings. The summed E-state index contributed by atoms with van der Waals surface area (Å²) in [6, 6.07) is 5.93. The lowest BCUT2D eigenvalue weighted by atomic mass is 9.98. The normalized spacial score (nSPS) is 28.1. The molecule has 2 saturated carbocycles. The molecule has 2 fully saturated rings. The fourth-order valence-corrected chi connectivity index (χ4v) is 4.71. The number of nitrogens with two attached hydrogens (primary N) is 1. The molecule has 24 heavy (non-hydrogen) atoms. The lowest BCUT2D eigenvalue weighted by molar-refractivity contribution is -0.112. The zero-order valence-corrected chi connectivity index (χ0v) is 13.8. The summed E-state index contributed by atoms with van der Waals surface area (Å²) >= 11 is 0. The van der Waals surface area contributed by atoms with E-state index in [-0.39, 0.29) is 28.6 Å². The van der Waals surface area contributed by atoms with Gasteiger partial charge in [0.05, 0.1) is 10.1 Å². The van der Waals surface area contributed by atoms with Gasteiger partial charge < -0.3 is 5.73 Å². The predicted molar refractivity (Wildman–Crippen MR) is 86.3 cm³/mol. The first-order chi connectivity index (χ1) is 11.3. The van der Waals surface area contributed by atoms with Gasteiger partial charge in [0.15, 0.2) is 9.84 Å². The molecule has 2 N–H and O–H groups in total. The smallest absolute Gasteiger partial charge is 0.248 e. The molecule has 1 aromatic carbocycles. The van der Waals surface area contributed by atoms with Crippen LogP contribution in [0.2, 0.25) is 0 Å². The fourth-order valence-electron chi connectivity index (χ4n) is 3.06. The summed E-state index contributed by atoms with van der Waals surface area (Å²) in [4.78, 5) is 11.9. The van der Waals surface area contributed by atoms with E-state index >= 15 is 0 Å². The van der Waals surface area contributed by atoms with E-state index in [2.05, 4.69) is 0 Å². The van der Waals surface area contributed by atoms with Gasteiger partial charge in [-0.15, -0.1) is 0 Å². The third kappa shape index (κ3) is 3.36. The molecule has 3 atom stereocenters. The second-order valence-corrected chi connectivity index (χ2v) is 8.70. The molecule has 0 saturated heterocycles. The van der Waals surface area contributed by atoms with Gasteiger partial charge in [0.25, 0.3) is 0 Å². The van der Waals surface area contributed by atoms with Crippen molar-refractivity contribution >= 4 is 21.3 Å². The number of rotatable bonds is 5. The highest BCUT2D eigenvalue weighted by Crippen LogP contribution is 2.35. The molecular weight excluding hydrogens is 336 g/mol. The van der Waals surface area contributed by atoms with Crippen molar-refractivity contribution < 1.29 is 22.0 Å². The molecule has 0 aromatic heterocycles. The van der Waals surface area contributed by atoms with Gasteiger partial charge in [-0.1, -0.05) is 18.2 Å². The topological polar surface area (TPSA) is 77.2 Å². The first-order valence-electron chi connectivity index (χ1n) is 7.93. The van der Waals surface area contributed by atoms with Gasteiger partial charge in [0.2, 0.25) is 5.91 Å². The molecule has 1 amide bonds. The summed E-state index contributed by atoms with van der Waals surface area (Å²) in [7, 11) is -3.30. The molecule has 4 nitrogen and oxygen atoms in total. The largest absolute Gasteiger partial charge is 0.366 e. The number of halogens is 2. The lowest BCUT2D eigenvalue weighted by Crippen LogP contribution is -2.14. The Kier molecular flexibility index (Phi) is 4.46. The van der Waals surface area contributed by atoms with Crippen LogP contribution in [0.15, 0.2) is 35.2 Å². The van der Waals surface area contributed by atoms with Gasteiger partial charge in [0, 0.05) is 5.57 Å². The van der Waals surface area contributed by atoms with Gasteiger partial charge in [-0.25, -0.2) is 17.2 Å². The number of benzene rings is 1. The number of sulfone groups is 1. The van der Waals surface area contributed by atoms with E-state index in [9.17, 15) is 22.0 Å². The van der Waals surface area contributed by atoms with Gasteiger partial charge in [-0.3, -0.25) is 4.79 Å². The molecule has 7 heteroatoms. The number of amides is 1. The standard InChI is InChI=1S/C17H19F2NO3S/c18-15-8-10(9-16(15)19)7-14(17(20)21)11-1-3-12(4-2-11)24(22,23)13-5-6-13/h1-4,7,10,13,15-16H,5-6,8-9H2,(H2,20,21)/b14-7+/t10?,15-,16+. The van der Waals surface area contributed by atoms with Crippen molar-refractivity contribution in [2.24, 2.45) is 11.7 Å². The van der Waals surface area contributed by atoms with E-state index in [1.807, 2.05) is 0 Å². The summed E-state index contributed by atoms with van der Waals surface area (Å²) in [5, 5.41) is -0.309. The van der Waals surface area contributed by atoms with E-state index in [1.54, 1.807) is 0 Å². The zero-order chi connectivity index (χ0) is 17.5. The first-order valence-corrected chi connectivity index (χ1v) is 9.47. The predicted octanol–water partition coefficient (Wildman–Crippen LogP) is 2.58. The number of allylic oxidation sites excluding steroid dienone is 1. The van der Waals surface area contributed by atoms with Crippen molar-refractivity contribution in [2.75, 3.05) is 0 Å². The minimum absolute atomic E-state index is 0.0199. The summed E-state index contributed by atoms with van der Waals surface area (Å²) < 4.78 is 50.9. The number of alkyl halides is 2. The Bertz CT molecular complexity index is 760. The van der Waals surface area contributed by atoms with Crippen molar-refractivity contribution in [3.05, 3.63) is 35.9 Å². The van der Waals surface area contributed by atoms with Crippen molar-refractivity contribution in [3.8, 4) is 0 Å². The van der Waals surface area contributed by atoms with Crippen LogP contribution in [0, 0.1) is 5.92 Å². The van der Waals surface area contributed by atoms with Crippen LogP contribution in [0.25, 0.3) is 5.57 Å². The van der Waals surface area contributed by atoms with Crippen LogP contribution in [0.5, 0.6) is 0 Å². The van der Waals surface area contributed by atoms with Crippen molar-refractivity contribution in [3.63, 3.8) is 0 Å². The monoisotopic (exact) mass is 355 g/mol. The summed E-state index contributed by atoms with van der Waals surface area (Å²) in [6.07, 6.45) is -0.158.